The van der Waals surface area contributed by atoms with E-state index in [1.165, 1.54) is 23.5 Å². The fraction of sp³-hybridized carbons (Fsp3) is 0.462. The Balaban J connectivity index is 1.51. The van der Waals surface area contributed by atoms with Crippen molar-refractivity contribution in [2.45, 2.75) is 44.6 Å². The molecule has 0 amide bonds. The number of nitrogens with two attached hydrogens (primary N) is 1. The number of hydrogen-bond acceptors (Lipinski definition) is 12. The van der Waals surface area contributed by atoms with Gasteiger partial charge in [0.25, 0.3) is 0 Å². The Kier molecular flexibility index (Phi) is 8.49. The fourth-order valence-corrected chi connectivity index (χ4v) is 6.21. The van der Waals surface area contributed by atoms with Crippen molar-refractivity contribution in [3.8, 4) is 0 Å². The van der Waals surface area contributed by atoms with Gasteiger partial charge in [-0.1, -0.05) is 23.5 Å². The Morgan fingerprint density at radius 2 is 1.82 bits per heavy atom. The second kappa shape index (κ2) is 12.0. The van der Waals surface area contributed by atoms with Crippen molar-refractivity contribution in [3.05, 3.63) is 46.0 Å². The molecule has 0 saturated carbocycles. The Morgan fingerprint density at radius 1 is 1.10 bits per heavy atom. The van der Waals surface area contributed by atoms with Crippen LogP contribution in [0, 0.1) is 6.92 Å². The van der Waals surface area contributed by atoms with Gasteiger partial charge in [-0.2, -0.15) is 9.97 Å². The van der Waals surface area contributed by atoms with Gasteiger partial charge in [-0.3, -0.25) is 5.32 Å². The first kappa shape index (κ1) is 28.2. The van der Waals surface area contributed by atoms with E-state index in [1.54, 1.807) is 26.0 Å². The zero-order valence-corrected chi connectivity index (χ0v) is 24.2. The molecule has 3 aromatic rings. The molecule has 3 N–H and O–H groups in total. The SMILES string of the molecule is CCOC(=O)c1sc(Nc2nc(N3CCOCC3)c3c(n2)N(Cc2ccc(S(N)(=O)=O)cc2)CCCC3)nc1C. The van der Waals surface area contributed by atoms with Crippen LogP contribution in [0.2, 0.25) is 0 Å². The highest BCUT2D eigenvalue weighted by Crippen LogP contribution is 2.35. The zero-order valence-electron chi connectivity index (χ0n) is 22.6. The maximum absolute atomic E-state index is 12.3. The van der Waals surface area contributed by atoms with Gasteiger partial charge in [0.05, 0.1) is 30.4 Å². The number of nitrogens with one attached hydrogen (secondary N) is 1. The number of hydrogen-bond donors (Lipinski definition) is 2. The molecule has 2 aliphatic heterocycles. The molecule has 0 unspecified atom stereocenters. The number of morpholine rings is 1. The molecule has 5 rings (SSSR count). The quantitative estimate of drug-likeness (QED) is 0.374. The second-order valence-electron chi connectivity index (χ2n) is 9.62. The third-order valence-corrected chi connectivity index (χ3v) is 8.76. The number of fused-ring (bicyclic) bond motifs is 1. The molecule has 14 heteroatoms. The number of esters is 1. The number of rotatable bonds is 8. The number of anilines is 4. The molecule has 40 heavy (non-hydrogen) atoms. The standard InChI is InChI=1S/C26H33N7O5S2/c1-3-38-24(34)21-17(2)28-26(39-21)31-25-29-22(32-12-14-37-15-13-32)20-6-4-5-11-33(23(20)30-25)16-18-7-9-19(10-8-18)40(27,35)36/h7-10H,3-6,11-16H2,1-2H3,(H2,27,35,36)(H,28,29,30,31). The molecule has 0 bridgehead atoms. The van der Waals surface area contributed by atoms with E-state index >= 15 is 0 Å². The van der Waals surface area contributed by atoms with Crippen molar-refractivity contribution >= 4 is 50.0 Å². The van der Waals surface area contributed by atoms with Crippen molar-refractivity contribution in [1.29, 1.82) is 0 Å². The molecule has 12 nitrogen and oxygen atoms in total. The molecule has 1 fully saturated rings. The van der Waals surface area contributed by atoms with Crippen molar-refractivity contribution < 1.29 is 22.7 Å². The molecule has 0 atom stereocenters. The number of nitrogens with zero attached hydrogens (tertiary/aromatic N) is 5. The van der Waals surface area contributed by atoms with Gasteiger partial charge in [0.15, 0.2) is 5.13 Å². The summed E-state index contributed by atoms with van der Waals surface area (Å²) < 4.78 is 34.2. The Labute approximate surface area is 237 Å². The van der Waals surface area contributed by atoms with Crippen LogP contribution < -0.4 is 20.3 Å². The molecule has 0 spiro atoms. The van der Waals surface area contributed by atoms with Gasteiger partial charge in [0.2, 0.25) is 16.0 Å². The first-order valence-corrected chi connectivity index (χ1v) is 15.6. The number of thiazole rings is 1. The lowest BCUT2D eigenvalue weighted by atomic mass is 10.1. The van der Waals surface area contributed by atoms with E-state index in [4.69, 9.17) is 24.6 Å². The normalized spacial score (nSPS) is 15.9. The summed E-state index contributed by atoms with van der Waals surface area (Å²) in [5.74, 6) is 1.68. The summed E-state index contributed by atoms with van der Waals surface area (Å²) in [6.45, 7) is 7.84. The number of ether oxygens (including phenoxy) is 2. The van der Waals surface area contributed by atoms with Crippen molar-refractivity contribution in [2.24, 2.45) is 5.14 Å². The molecule has 0 aliphatic carbocycles. The number of benzene rings is 1. The molecule has 214 valence electrons. The van der Waals surface area contributed by atoms with Crippen LogP contribution in [0.3, 0.4) is 0 Å². The van der Waals surface area contributed by atoms with E-state index in [0.29, 0.717) is 41.4 Å². The largest absolute Gasteiger partial charge is 0.462 e. The first-order valence-electron chi connectivity index (χ1n) is 13.2. The average Bonchev–Trinajstić information content (AvgIpc) is 3.18. The molecule has 4 heterocycles. The number of aromatic nitrogens is 3. The molecular formula is C26H33N7O5S2. The van der Waals surface area contributed by atoms with E-state index < -0.39 is 16.0 Å². The third kappa shape index (κ3) is 6.35. The highest BCUT2D eigenvalue weighted by Gasteiger charge is 2.27. The smallest absolute Gasteiger partial charge is 0.350 e. The summed E-state index contributed by atoms with van der Waals surface area (Å²) in [4.78, 5) is 31.7. The van der Waals surface area contributed by atoms with Crippen LogP contribution in [0.1, 0.15) is 46.3 Å². The Bertz CT molecular complexity index is 1470. The van der Waals surface area contributed by atoms with E-state index in [-0.39, 0.29) is 11.5 Å². The summed E-state index contributed by atoms with van der Waals surface area (Å²) in [6, 6.07) is 6.62. The first-order chi connectivity index (χ1) is 19.2. The van der Waals surface area contributed by atoms with E-state index in [9.17, 15) is 13.2 Å². The number of primary sulfonamides is 1. The number of aryl methyl sites for hydroxylation is 1. The van der Waals surface area contributed by atoms with Crippen LogP contribution in [0.4, 0.5) is 22.7 Å². The maximum atomic E-state index is 12.3. The fourth-order valence-electron chi connectivity index (χ4n) is 4.84. The summed E-state index contributed by atoms with van der Waals surface area (Å²) in [5.41, 5.74) is 2.60. The summed E-state index contributed by atoms with van der Waals surface area (Å²) in [7, 11) is -3.76. The number of carbonyl (C=O) groups is 1. The predicted octanol–water partition coefficient (Wildman–Crippen LogP) is 2.99. The molecule has 1 saturated heterocycles. The van der Waals surface area contributed by atoms with Crippen LogP contribution in [-0.4, -0.2) is 68.8 Å². The minimum atomic E-state index is -3.76. The lowest BCUT2D eigenvalue weighted by Crippen LogP contribution is -2.38. The minimum absolute atomic E-state index is 0.0804. The monoisotopic (exact) mass is 587 g/mol. The zero-order chi connectivity index (χ0) is 28.3. The number of sulfonamides is 1. The van der Waals surface area contributed by atoms with E-state index in [1.807, 2.05) is 0 Å². The molecule has 2 aromatic heterocycles. The molecular weight excluding hydrogens is 554 g/mol. The van der Waals surface area contributed by atoms with Gasteiger partial charge in [-0.05, 0) is 50.8 Å². The van der Waals surface area contributed by atoms with Gasteiger partial charge in [-0.15, -0.1) is 0 Å². The van der Waals surface area contributed by atoms with Crippen LogP contribution in [0.25, 0.3) is 0 Å². The average molecular weight is 588 g/mol. The third-order valence-electron chi connectivity index (χ3n) is 6.78. The van der Waals surface area contributed by atoms with Gasteiger partial charge >= 0.3 is 5.97 Å². The van der Waals surface area contributed by atoms with Gasteiger partial charge in [0.1, 0.15) is 16.5 Å². The molecule has 0 radical (unpaired) electrons. The van der Waals surface area contributed by atoms with Gasteiger partial charge in [-0.25, -0.2) is 23.3 Å². The van der Waals surface area contributed by atoms with Crippen LogP contribution in [0.5, 0.6) is 0 Å². The minimum Gasteiger partial charge on any atom is -0.462 e. The van der Waals surface area contributed by atoms with E-state index in [0.717, 1.165) is 61.7 Å². The topological polar surface area (TPSA) is 153 Å². The van der Waals surface area contributed by atoms with Gasteiger partial charge in [0, 0.05) is 31.7 Å². The maximum Gasteiger partial charge on any atom is 0.350 e. The van der Waals surface area contributed by atoms with Crippen LogP contribution in [-0.2, 0) is 32.5 Å². The molecule has 1 aromatic carbocycles. The highest BCUT2D eigenvalue weighted by atomic mass is 32.2. The molecule has 2 aliphatic rings. The summed E-state index contributed by atoms with van der Waals surface area (Å²) in [6.07, 6.45) is 2.81. The van der Waals surface area contributed by atoms with Crippen molar-refractivity contribution in [3.63, 3.8) is 0 Å². The summed E-state index contributed by atoms with van der Waals surface area (Å²) in [5, 5.41) is 9.02. The lowest BCUT2D eigenvalue weighted by Gasteiger charge is -2.32. The van der Waals surface area contributed by atoms with E-state index in [2.05, 4.69) is 20.1 Å². The number of carbonyl (C=O) groups excluding carboxylic acids is 1. The summed E-state index contributed by atoms with van der Waals surface area (Å²) >= 11 is 1.21. The Hall–Kier alpha value is -3.33. The lowest BCUT2D eigenvalue weighted by molar-refractivity contribution is 0.0531. The van der Waals surface area contributed by atoms with Crippen molar-refractivity contribution in [1.82, 2.24) is 15.0 Å². The van der Waals surface area contributed by atoms with Crippen molar-refractivity contribution in [2.75, 3.05) is 54.6 Å². The van der Waals surface area contributed by atoms with Crippen LogP contribution >= 0.6 is 11.3 Å². The van der Waals surface area contributed by atoms with Crippen LogP contribution in [0.15, 0.2) is 29.2 Å². The second-order valence-corrected chi connectivity index (χ2v) is 12.2. The predicted molar refractivity (Wildman–Crippen MR) is 153 cm³/mol. The Morgan fingerprint density at radius 3 is 2.52 bits per heavy atom. The van der Waals surface area contributed by atoms with Gasteiger partial charge < -0.3 is 19.3 Å². The highest BCUT2D eigenvalue weighted by molar-refractivity contribution is 7.89.